The Bertz CT molecular complexity index is 781. The van der Waals surface area contributed by atoms with Crippen LogP contribution in [0.3, 0.4) is 0 Å². The van der Waals surface area contributed by atoms with Crippen molar-refractivity contribution in [3.63, 3.8) is 0 Å². The number of amides is 2. The summed E-state index contributed by atoms with van der Waals surface area (Å²) in [6, 6.07) is 11.5. The molecule has 2 N–H and O–H groups in total. The Hall–Kier alpha value is -3.29. The summed E-state index contributed by atoms with van der Waals surface area (Å²) in [6.45, 7) is 0.276. The minimum absolute atomic E-state index is 0.0389. The molecule has 8 heteroatoms. The highest BCUT2D eigenvalue weighted by molar-refractivity contribution is 5.94. The number of nitro groups is 1. The predicted molar refractivity (Wildman–Crippen MR) is 89.7 cm³/mol. The molecule has 0 atom stereocenters. The third kappa shape index (κ3) is 5.38. The van der Waals surface area contributed by atoms with E-state index in [1.807, 2.05) is 0 Å². The van der Waals surface area contributed by atoms with Crippen molar-refractivity contribution in [2.45, 2.75) is 12.8 Å². The highest BCUT2D eigenvalue weighted by atomic mass is 19.1. The zero-order valence-electron chi connectivity index (χ0n) is 13.2. The zero-order chi connectivity index (χ0) is 18.2. The van der Waals surface area contributed by atoms with Gasteiger partial charge in [-0.3, -0.25) is 19.7 Å². The van der Waals surface area contributed by atoms with Crippen molar-refractivity contribution in [1.29, 1.82) is 0 Å². The van der Waals surface area contributed by atoms with E-state index in [1.54, 1.807) is 30.3 Å². The summed E-state index contributed by atoms with van der Waals surface area (Å²) in [6.07, 6.45) is 0.387. The van der Waals surface area contributed by atoms with Crippen LogP contribution in [0.25, 0.3) is 0 Å². The summed E-state index contributed by atoms with van der Waals surface area (Å²) in [5.74, 6) is -1.49. The lowest BCUT2D eigenvalue weighted by Gasteiger charge is -2.07. The van der Waals surface area contributed by atoms with Crippen LogP contribution in [0.4, 0.5) is 15.8 Å². The maximum Gasteiger partial charge on any atom is 0.271 e. The van der Waals surface area contributed by atoms with Crippen LogP contribution in [0.5, 0.6) is 0 Å². The molecular weight excluding hydrogens is 329 g/mol. The number of benzene rings is 2. The number of hydrogen-bond acceptors (Lipinski definition) is 4. The van der Waals surface area contributed by atoms with Crippen molar-refractivity contribution in [2.75, 3.05) is 11.9 Å². The second-order valence-electron chi connectivity index (χ2n) is 5.19. The lowest BCUT2D eigenvalue weighted by atomic mass is 10.2. The summed E-state index contributed by atoms with van der Waals surface area (Å²) in [5.41, 5.74) is -0.0371. The molecule has 0 aliphatic heterocycles. The Morgan fingerprint density at radius 3 is 2.52 bits per heavy atom. The molecule has 2 aromatic carbocycles. The van der Waals surface area contributed by atoms with Gasteiger partial charge in [0.15, 0.2) is 0 Å². The van der Waals surface area contributed by atoms with Crippen LogP contribution in [-0.4, -0.2) is 23.3 Å². The summed E-state index contributed by atoms with van der Waals surface area (Å²) in [4.78, 5) is 33.6. The second kappa shape index (κ2) is 8.53. The van der Waals surface area contributed by atoms with Gasteiger partial charge in [-0.15, -0.1) is 0 Å². The Labute approximate surface area is 143 Å². The van der Waals surface area contributed by atoms with Crippen molar-refractivity contribution in [3.05, 3.63) is 70.0 Å². The van der Waals surface area contributed by atoms with Crippen LogP contribution in [0.15, 0.2) is 48.5 Å². The van der Waals surface area contributed by atoms with Gasteiger partial charge in [0, 0.05) is 30.7 Å². The standard InChI is InChI=1S/C17H16FN3O4/c18-14-9-8-13(21(24)25)11-15(14)20-16(22)7-4-10-19-17(23)12-5-2-1-3-6-12/h1-3,5-6,8-9,11H,4,7,10H2,(H,19,23)(H,20,22). The quantitative estimate of drug-likeness (QED) is 0.458. The lowest BCUT2D eigenvalue weighted by molar-refractivity contribution is -0.384. The van der Waals surface area contributed by atoms with E-state index < -0.39 is 16.6 Å². The Kier molecular flexibility index (Phi) is 6.16. The molecule has 2 rings (SSSR count). The van der Waals surface area contributed by atoms with Gasteiger partial charge in [-0.2, -0.15) is 0 Å². The minimum atomic E-state index is -0.753. The molecule has 0 aromatic heterocycles. The zero-order valence-corrected chi connectivity index (χ0v) is 13.2. The molecule has 0 spiro atoms. The number of nitrogens with one attached hydrogen (secondary N) is 2. The molecule has 0 heterocycles. The van der Waals surface area contributed by atoms with Crippen LogP contribution in [0.2, 0.25) is 0 Å². The molecule has 130 valence electrons. The molecule has 2 amide bonds. The van der Waals surface area contributed by atoms with Gasteiger partial charge in [-0.05, 0) is 24.6 Å². The third-order valence-corrected chi connectivity index (χ3v) is 3.34. The average molecular weight is 345 g/mol. The Morgan fingerprint density at radius 1 is 1.12 bits per heavy atom. The van der Waals surface area contributed by atoms with Crippen LogP contribution in [0.1, 0.15) is 23.2 Å². The molecule has 0 saturated heterocycles. The summed E-state index contributed by atoms with van der Waals surface area (Å²) in [5, 5.41) is 15.6. The maximum absolute atomic E-state index is 13.6. The SMILES string of the molecule is O=C(CCCNC(=O)c1ccccc1)Nc1cc([N+](=O)[O-])ccc1F. The lowest BCUT2D eigenvalue weighted by Crippen LogP contribution is -2.25. The fraction of sp³-hybridized carbons (Fsp3) is 0.176. The van der Waals surface area contributed by atoms with E-state index in [-0.39, 0.29) is 30.2 Å². The molecule has 0 unspecified atom stereocenters. The minimum Gasteiger partial charge on any atom is -0.352 e. The Morgan fingerprint density at radius 2 is 1.84 bits per heavy atom. The van der Waals surface area contributed by atoms with E-state index in [0.717, 1.165) is 18.2 Å². The van der Waals surface area contributed by atoms with Gasteiger partial charge in [-0.25, -0.2) is 4.39 Å². The molecular formula is C17H16FN3O4. The van der Waals surface area contributed by atoms with E-state index in [4.69, 9.17) is 0 Å². The van der Waals surface area contributed by atoms with Gasteiger partial charge in [0.25, 0.3) is 11.6 Å². The molecule has 0 fully saturated rings. The third-order valence-electron chi connectivity index (χ3n) is 3.34. The highest BCUT2D eigenvalue weighted by Gasteiger charge is 2.13. The average Bonchev–Trinajstić information content (AvgIpc) is 2.61. The van der Waals surface area contributed by atoms with Crippen molar-refractivity contribution in [1.82, 2.24) is 5.32 Å². The topological polar surface area (TPSA) is 101 Å². The number of halogens is 1. The van der Waals surface area contributed by atoms with E-state index in [0.29, 0.717) is 12.0 Å². The van der Waals surface area contributed by atoms with Crippen LogP contribution < -0.4 is 10.6 Å². The number of rotatable bonds is 7. The van der Waals surface area contributed by atoms with Gasteiger partial charge in [0.1, 0.15) is 5.82 Å². The van der Waals surface area contributed by atoms with E-state index in [1.165, 1.54) is 0 Å². The fourth-order valence-corrected chi connectivity index (χ4v) is 2.08. The number of anilines is 1. The number of non-ortho nitro benzene ring substituents is 1. The first kappa shape index (κ1) is 18.1. The second-order valence-corrected chi connectivity index (χ2v) is 5.19. The molecule has 7 nitrogen and oxygen atoms in total. The monoisotopic (exact) mass is 345 g/mol. The van der Waals surface area contributed by atoms with Gasteiger partial charge < -0.3 is 10.6 Å². The molecule has 0 bridgehead atoms. The molecule has 2 aromatic rings. The molecule has 0 aliphatic rings. The van der Waals surface area contributed by atoms with Crippen molar-refractivity contribution < 1.29 is 18.9 Å². The van der Waals surface area contributed by atoms with Gasteiger partial charge in [0.2, 0.25) is 5.91 Å². The maximum atomic E-state index is 13.6. The van der Waals surface area contributed by atoms with Crippen LogP contribution in [-0.2, 0) is 4.79 Å². The summed E-state index contributed by atoms with van der Waals surface area (Å²) >= 11 is 0. The van der Waals surface area contributed by atoms with E-state index >= 15 is 0 Å². The normalized spacial score (nSPS) is 10.1. The van der Waals surface area contributed by atoms with E-state index in [2.05, 4.69) is 10.6 Å². The molecule has 0 aliphatic carbocycles. The number of carbonyl (C=O) groups excluding carboxylic acids is 2. The predicted octanol–water partition coefficient (Wildman–Crippen LogP) is 2.88. The van der Waals surface area contributed by atoms with Gasteiger partial charge in [0.05, 0.1) is 10.6 Å². The number of nitrogens with zero attached hydrogens (tertiary/aromatic N) is 1. The van der Waals surface area contributed by atoms with Crippen molar-refractivity contribution in [3.8, 4) is 0 Å². The van der Waals surface area contributed by atoms with Crippen LogP contribution in [0, 0.1) is 15.9 Å². The fourth-order valence-electron chi connectivity index (χ4n) is 2.08. The number of nitro benzene ring substituents is 1. The Balaban J connectivity index is 1.79. The van der Waals surface area contributed by atoms with E-state index in [9.17, 15) is 24.1 Å². The van der Waals surface area contributed by atoms with Gasteiger partial charge in [-0.1, -0.05) is 18.2 Å². The smallest absolute Gasteiger partial charge is 0.271 e. The summed E-state index contributed by atoms with van der Waals surface area (Å²) < 4.78 is 13.6. The first-order valence-corrected chi connectivity index (χ1v) is 7.54. The molecule has 0 saturated carbocycles. The van der Waals surface area contributed by atoms with Crippen molar-refractivity contribution >= 4 is 23.2 Å². The van der Waals surface area contributed by atoms with Crippen LogP contribution >= 0.6 is 0 Å². The number of hydrogen-bond donors (Lipinski definition) is 2. The van der Waals surface area contributed by atoms with Crippen molar-refractivity contribution in [2.24, 2.45) is 0 Å². The molecule has 0 radical (unpaired) electrons. The highest BCUT2D eigenvalue weighted by Crippen LogP contribution is 2.21. The summed E-state index contributed by atoms with van der Waals surface area (Å²) in [7, 11) is 0. The van der Waals surface area contributed by atoms with Gasteiger partial charge >= 0.3 is 0 Å². The first-order chi connectivity index (χ1) is 12.0. The first-order valence-electron chi connectivity index (χ1n) is 7.54. The molecule has 25 heavy (non-hydrogen) atoms. The number of carbonyl (C=O) groups is 2. The largest absolute Gasteiger partial charge is 0.352 e.